The molecule has 23 heavy (non-hydrogen) atoms. The molecule has 0 radical (unpaired) electrons. The average molecular weight is 338 g/mol. The average Bonchev–Trinajstić information content (AvgIpc) is 2.90. The van der Waals surface area contributed by atoms with Gasteiger partial charge in [0, 0.05) is 0 Å². The molecule has 0 bridgehead atoms. The number of hydrogen-bond donors (Lipinski definition) is 2. The van der Waals surface area contributed by atoms with Gasteiger partial charge in [-0.3, -0.25) is 9.59 Å². The van der Waals surface area contributed by atoms with Crippen LogP contribution in [0.4, 0.5) is 4.39 Å². The Kier molecular flexibility index (Phi) is 5.48. The third-order valence-electron chi connectivity index (χ3n) is 2.74. The molecule has 1 heterocycles. The van der Waals surface area contributed by atoms with Crippen LogP contribution in [0.1, 0.15) is 21.9 Å². The number of aryl methyl sites for hydroxylation is 1. The lowest BCUT2D eigenvalue weighted by Gasteiger charge is -2.06. The Morgan fingerprint density at radius 1 is 1.35 bits per heavy atom. The van der Waals surface area contributed by atoms with E-state index in [2.05, 4.69) is 15.8 Å². The Hall–Kier alpha value is -2.67. The van der Waals surface area contributed by atoms with Gasteiger partial charge in [0.05, 0.1) is 23.3 Å². The second kappa shape index (κ2) is 7.55. The van der Waals surface area contributed by atoms with Crippen LogP contribution in [0.3, 0.4) is 0 Å². The summed E-state index contributed by atoms with van der Waals surface area (Å²) in [5.74, 6) is -0.933. The maximum Gasteiger partial charge on any atom is 0.259 e. The van der Waals surface area contributed by atoms with Gasteiger partial charge in [-0.1, -0.05) is 17.7 Å². The van der Waals surface area contributed by atoms with Gasteiger partial charge in [-0.15, -0.1) is 0 Å². The first-order valence-corrected chi connectivity index (χ1v) is 6.95. The van der Waals surface area contributed by atoms with Crippen LogP contribution in [-0.2, 0) is 4.79 Å². The zero-order valence-electron chi connectivity index (χ0n) is 12.1. The van der Waals surface area contributed by atoms with Crippen LogP contribution in [0.5, 0.6) is 0 Å². The molecule has 0 spiro atoms. The monoisotopic (exact) mass is 337 g/mol. The van der Waals surface area contributed by atoms with Crippen molar-refractivity contribution >= 4 is 29.6 Å². The number of nitrogens with zero attached hydrogens (tertiary/aromatic N) is 1. The summed E-state index contributed by atoms with van der Waals surface area (Å²) < 4.78 is 18.8. The molecule has 8 heteroatoms. The summed E-state index contributed by atoms with van der Waals surface area (Å²) in [4.78, 5) is 23.4. The fourth-order valence-corrected chi connectivity index (χ4v) is 1.94. The van der Waals surface area contributed by atoms with E-state index in [0.717, 1.165) is 6.07 Å². The molecule has 1 aromatic carbocycles. The molecule has 2 N–H and O–H groups in total. The van der Waals surface area contributed by atoms with Crippen LogP contribution in [0, 0.1) is 12.7 Å². The van der Waals surface area contributed by atoms with Gasteiger partial charge in [-0.25, -0.2) is 9.82 Å². The number of rotatable bonds is 5. The number of halogens is 2. The van der Waals surface area contributed by atoms with E-state index in [1.807, 2.05) is 0 Å². The second-order valence-electron chi connectivity index (χ2n) is 4.52. The zero-order chi connectivity index (χ0) is 16.8. The molecule has 1 aromatic heterocycles. The van der Waals surface area contributed by atoms with E-state index >= 15 is 0 Å². The van der Waals surface area contributed by atoms with Gasteiger partial charge in [0.2, 0.25) is 0 Å². The molecule has 6 nitrogen and oxygen atoms in total. The highest BCUT2D eigenvalue weighted by molar-refractivity contribution is 6.33. The van der Waals surface area contributed by atoms with Crippen LogP contribution in [0.2, 0.25) is 5.02 Å². The number of amides is 2. The van der Waals surface area contributed by atoms with E-state index in [1.165, 1.54) is 18.3 Å². The van der Waals surface area contributed by atoms with Crippen molar-refractivity contribution in [3.05, 3.63) is 58.3 Å². The molecule has 0 unspecified atom stereocenters. The number of carbonyl (C=O) groups is 2. The molecule has 0 fully saturated rings. The van der Waals surface area contributed by atoms with Gasteiger partial charge in [-0.05, 0) is 31.2 Å². The Bertz CT molecular complexity index is 738. The minimum atomic E-state index is -0.783. The van der Waals surface area contributed by atoms with Gasteiger partial charge < -0.3 is 9.73 Å². The molecular formula is C15H13ClFN3O3. The molecule has 0 aliphatic rings. The smallest absolute Gasteiger partial charge is 0.259 e. The lowest BCUT2D eigenvalue weighted by molar-refractivity contribution is -0.120. The molecule has 0 saturated heterocycles. The standard InChI is InChI=1S/C15H13ClFN3O3/c1-9-5-6-10(23-9)7-19-20-13(21)8-18-15(22)14-11(16)3-2-4-12(14)17/h2-7H,8H2,1H3,(H,18,22)(H,20,21)/b19-7-. The first-order valence-electron chi connectivity index (χ1n) is 6.58. The summed E-state index contributed by atoms with van der Waals surface area (Å²) in [6.07, 6.45) is 1.32. The van der Waals surface area contributed by atoms with Crippen molar-refractivity contribution in [3.63, 3.8) is 0 Å². The highest BCUT2D eigenvalue weighted by atomic mass is 35.5. The minimum Gasteiger partial charge on any atom is -0.460 e. The first kappa shape index (κ1) is 16.7. The molecule has 2 rings (SSSR count). The van der Waals surface area contributed by atoms with Crippen molar-refractivity contribution in [1.82, 2.24) is 10.7 Å². The Morgan fingerprint density at radius 3 is 2.78 bits per heavy atom. The number of furan rings is 1. The normalized spacial score (nSPS) is 10.7. The summed E-state index contributed by atoms with van der Waals surface area (Å²) in [6.45, 7) is 1.40. The topological polar surface area (TPSA) is 83.7 Å². The largest absolute Gasteiger partial charge is 0.460 e. The highest BCUT2D eigenvalue weighted by Gasteiger charge is 2.16. The SMILES string of the molecule is Cc1ccc(/C=N\NC(=O)CNC(=O)c2c(F)cccc2Cl)o1. The maximum absolute atomic E-state index is 13.5. The lowest BCUT2D eigenvalue weighted by Crippen LogP contribution is -2.35. The van der Waals surface area contributed by atoms with E-state index in [0.29, 0.717) is 11.5 Å². The third-order valence-corrected chi connectivity index (χ3v) is 3.06. The molecule has 2 aromatic rings. The van der Waals surface area contributed by atoms with Crippen LogP contribution < -0.4 is 10.7 Å². The summed E-state index contributed by atoms with van der Waals surface area (Å²) >= 11 is 5.76. The predicted octanol–water partition coefficient (Wildman–Crippen LogP) is 2.26. The number of nitrogens with one attached hydrogen (secondary N) is 2. The van der Waals surface area contributed by atoms with E-state index in [-0.39, 0.29) is 17.1 Å². The van der Waals surface area contributed by atoms with Crippen molar-refractivity contribution in [2.75, 3.05) is 6.54 Å². The lowest BCUT2D eigenvalue weighted by atomic mass is 10.2. The highest BCUT2D eigenvalue weighted by Crippen LogP contribution is 2.18. The van der Waals surface area contributed by atoms with Crippen LogP contribution in [0.25, 0.3) is 0 Å². The van der Waals surface area contributed by atoms with Crippen LogP contribution in [0.15, 0.2) is 39.9 Å². The van der Waals surface area contributed by atoms with E-state index < -0.39 is 17.6 Å². The van der Waals surface area contributed by atoms with Crippen molar-refractivity contribution in [2.45, 2.75) is 6.92 Å². The molecule has 0 aliphatic heterocycles. The van der Waals surface area contributed by atoms with Crippen LogP contribution in [-0.4, -0.2) is 24.6 Å². The molecular weight excluding hydrogens is 325 g/mol. The Labute approximate surface area is 136 Å². The number of hydrogen-bond acceptors (Lipinski definition) is 4. The summed E-state index contributed by atoms with van der Waals surface area (Å²) in [5.41, 5.74) is 1.90. The van der Waals surface area contributed by atoms with Crippen LogP contribution >= 0.6 is 11.6 Å². The number of hydrazone groups is 1. The first-order chi connectivity index (χ1) is 11.0. The predicted molar refractivity (Wildman–Crippen MR) is 82.9 cm³/mol. The summed E-state index contributed by atoms with van der Waals surface area (Å²) in [7, 11) is 0. The maximum atomic E-state index is 13.5. The van der Waals surface area contributed by atoms with Gasteiger partial charge in [0.1, 0.15) is 17.3 Å². The van der Waals surface area contributed by atoms with Gasteiger partial charge >= 0.3 is 0 Å². The molecule has 0 saturated carbocycles. The zero-order valence-corrected chi connectivity index (χ0v) is 12.9. The van der Waals surface area contributed by atoms with E-state index in [1.54, 1.807) is 19.1 Å². The fraction of sp³-hybridized carbons (Fsp3) is 0.133. The van der Waals surface area contributed by atoms with E-state index in [9.17, 15) is 14.0 Å². The molecule has 0 aliphatic carbocycles. The number of benzene rings is 1. The Morgan fingerprint density at radius 2 is 2.13 bits per heavy atom. The van der Waals surface area contributed by atoms with Gasteiger partial charge in [0.15, 0.2) is 0 Å². The Balaban J connectivity index is 1.84. The third kappa shape index (κ3) is 4.65. The molecule has 120 valence electrons. The van der Waals surface area contributed by atoms with Gasteiger partial charge in [-0.2, -0.15) is 5.10 Å². The van der Waals surface area contributed by atoms with Crippen molar-refractivity contribution in [3.8, 4) is 0 Å². The van der Waals surface area contributed by atoms with Crippen molar-refractivity contribution in [2.24, 2.45) is 5.10 Å². The second-order valence-corrected chi connectivity index (χ2v) is 4.93. The quantitative estimate of drug-likeness (QED) is 0.648. The number of carbonyl (C=O) groups excluding carboxylic acids is 2. The minimum absolute atomic E-state index is 0.0332. The summed E-state index contributed by atoms with van der Waals surface area (Å²) in [6, 6.07) is 7.31. The fourth-order valence-electron chi connectivity index (χ4n) is 1.69. The molecule has 2 amide bonds. The van der Waals surface area contributed by atoms with Crippen molar-refractivity contribution in [1.29, 1.82) is 0 Å². The van der Waals surface area contributed by atoms with E-state index in [4.69, 9.17) is 16.0 Å². The molecule has 0 atom stereocenters. The van der Waals surface area contributed by atoms with Crippen molar-refractivity contribution < 1.29 is 18.4 Å². The van der Waals surface area contributed by atoms with Gasteiger partial charge in [0.25, 0.3) is 11.8 Å². The summed E-state index contributed by atoms with van der Waals surface area (Å²) in [5, 5.41) is 5.90.